The fourth-order valence-corrected chi connectivity index (χ4v) is 8.87. The molecule has 0 radical (unpaired) electrons. The van der Waals surface area contributed by atoms with Gasteiger partial charge in [-0.25, -0.2) is 0 Å². The molecule has 10 aromatic carbocycles. The highest BCUT2D eigenvalue weighted by atomic mass is 15.1. The van der Waals surface area contributed by atoms with Gasteiger partial charge in [0.1, 0.15) is 0 Å². The van der Waals surface area contributed by atoms with Crippen LogP contribution in [-0.2, 0) is 5.41 Å². The van der Waals surface area contributed by atoms with Crippen LogP contribution < -0.4 is 4.90 Å². The second-order valence-corrected chi connectivity index (χ2v) is 14.6. The second kappa shape index (κ2) is 14.9. The van der Waals surface area contributed by atoms with Crippen LogP contribution in [0.3, 0.4) is 0 Å². The predicted molar refractivity (Wildman–Crippen MR) is 252 cm³/mol. The SMILES string of the molecule is [2H]c1c([2H])c([2H])c(-c2c([2H])c([2H])c([2H])c(N(c3ccc(-c4ccc5ccccc5c4-c4c([2H])c([2H])c([2H])c([2H])c4[2H])cc3)c3ccc4c(c3)C(c3ccccc3)(c3ccccc3)c3ccccc3-4)c2[2H])c([2H])c1[2H]. The third-order valence-corrected chi connectivity index (χ3v) is 11.4. The van der Waals surface area contributed by atoms with E-state index in [9.17, 15) is 4.11 Å². The van der Waals surface area contributed by atoms with Crippen LogP contribution in [0.5, 0.6) is 0 Å². The quantitative estimate of drug-likeness (QED) is 0.149. The first-order valence-corrected chi connectivity index (χ1v) is 19.6. The van der Waals surface area contributed by atoms with Gasteiger partial charge in [-0.05, 0) is 114 Å². The van der Waals surface area contributed by atoms with E-state index >= 15 is 0 Å². The zero-order valence-corrected chi connectivity index (χ0v) is 32.0. The molecule has 0 heterocycles. The van der Waals surface area contributed by atoms with Gasteiger partial charge in [-0.15, -0.1) is 0 Å². The largest absolute Gasteiger partial charge is 0.310 e. The lowest BCUT2D eigenvalue weighted by Crippen LogP contribution is -2.28. The van der Waals surface area contributed by atoms with Crippen LogP contribution in [-0.4, -0.2) is 0 Å². The molecule has 0 amide bonds. The standard InChI is InChI=1S/C59H41N/c1-5-18-42(19-6-1)46-23-17-28-50(40-46)60(49-35-32-44(33-36-49)53-38-34-43-20-13-14-29-52(43)58(53)45-21-7-2-8-22-45)51-37-39-55-54-30-15-16-31-56(54)59(57(55)41-51,47-24-9-3-10-25-47)48-26-11-4-12-27-48/h1-41H/i1D,2D,5D,6D,7D,8D,17D,18D,19D,21D,22D,23D,28D,40D. The van der Waals surface area contributed by atoms with Crippen molar-refractivity contribution in [2.75, 3.05) is 4.90 Å². The summed E-state index contributed by atoms with van der Waals surface area (Å²) < 4.78 is 125. The molecule has 0 atom stereocenters. The lowest BCUT2D eigenvalue weighted by molar-refractivity contribution is 0.768. The van der Waals surface area contributed by atoms with Crippen LogP contribution in [0.4, 0.5) is 17.1 Å². The summed E-state index contributed by atoms with van der Waals surface area (Å²) in [4.78, 5) is 1.63. The predicted octanol–water partition coefficient (Wildman–Crippen LogP) is 15.7. The Morgan fingerprint density at radius 1 is 0.367 bits per heavy atom. The zero-order valence-electron chi connectivity index (χ0n) is 46.0. The highest BCUT2D eigenvalue weighted by Gasteiger charge is 2.46. The molecule has 1 aliphatic rings. The number of hydrogen-bond acceptors (Lipinski definition) is 1. The van der Waals surface area contributed by atoms with E-state index in [1.165, 1.54) is 0 Å². The van der Waals surface area contributed by atoms with Crippen LogP contribution in [0.15, 0.2) is 248 Å². The van der Waals surface area contributed by atoms with Crippen molar-refractivity contribution in [1.82, 2.24) is 0 Å². The van der Waals surface area contributed by atoms with Crippen molar-refractivity contribution < 1.29 is 19.2 Å². The van der Waals surface area contributed by atoms with Gasteiger partial charge in [0, 0.05) is 17.1 Å². The minimum Gasteiger partial charge on any atom is -0.310 e. The van der Waals surface area contributed by atoms with Crippen molar-refractivity contribution in [1.29, 1.82) is 0 Å². The molecular formula is C59H41N. The van der Waals surface area contributed by atoms with Gasteiger partial charge in [-0.2, -0.15) is 0 Å². The number of hydrogen-bond donors (Lipinski definition) is 0. The third kappa shape index (κ3) is 5.86. The van der Waals surface area contributed by atoms with Gasteiger partial charge in [0.2, 0.25) is 0 Å². The molecule has 0 aliphatic heterocycles. The topological polar surface area (TPSA) is 3.24 Å². The summed E-state index contributed by atoms with van der Waals surface area (Å²) in [5.74, 6) is 0. The summed E-state index contributed by atoms with van der Waals surface area (Å²) in [6.45, 7) is 0. The number of fused-ring (bicyclic) bond motifs is 4. The monoisotopic (exact) mass is 777 g/mol. The molecule has 10 aromatic rings. The maximum Gasteiger partial charge on any atom is 0.0714 e. The van der Waals surface area contributed by atoms with Crippen molar-refractivity contribution in [2.24, 2.45) is 0 Å². The Morgan fingerprint density at radius 2 is 0.950 bits per heavy atom. The lowest BCUT2D eigenvalue weighted by atomic mass is 9.67. The van der Waals surface area contributed by atoms with Gasteiger partial charge >= 0.3 is 0 Å². The summed E-state index contributed by atoms with van der Waals surface area (Å²) >= 11 is 0. The van der Waals surface area contributed by atoms with Crippen LogP contribution in [0.25, 0.3) is 55.3 Å². The first-order valence-electron chi connectivity index (χ1n) is 26.6. The minimum absolute atomic E-state index is 0.0317. The number of nitrogens with zero attached hydrogens (tertiary/aromatic N) is 1. The highest BCUT2D eigenvalue weighted by Crippen LogP contribution is 2.57. The number of benzene rings is 10. The molecule has 1 aliphatic carbocycles. The molecule has 0 saturated carbocycles. The molecule has 1 nitrogen and oxygen atoms in total. The molecule has 0 saturated heterocycles. The van der Waals surface area contributed by atoms with Gasteiger partial charge in [-0.3, -0.25) is 0 Å². The third-order valence-electron chi connectivity index (χ3n) is 11.4. The van der Waals surface area contributed by atoms with Crippen LogP contribution in [0.1, 0.15) is 41.4 Å². The van der Waals surface area contributed by atoms with Gasteiger partial charge in [-0.1, -0.05) is 212 Å². The smallest absolute Gasteiger partial charge is 0.0714 e. The molecule has 1 heteroatoms. The van der Waals surface area contributed by atoms with E-state index in [0.29, 0.717) is 33.5 Å². The van der Waals surface area contributed by atoms with E-state index in [1.54, 1.807) is 29.2 Å². The maximum atomic E-state index is 9.97. The molecule has 282 valence electrons. The number of anilines is 3. The molecule has 0 N–H and O–H groups in total. The molecule has 0 spiro atoms. The van der Waals surface area contributed by atoms with Gasteiger partial charge in [0.15, 0.2) is 0 Å². The van der Waals surface area contributed by atoms with Gasteiger partial charge in [0.05, 0.1) is 24.6 Å². The van der Waals surface area contributed by atoms with Crippen molar-refractivity contribution in [2.45, 2.75) is 5.41 Å². The van der Waals surface area contributed by atoms with Crippen LogP contribution in [0, 0.1) is 0 Å². The van der Waals surface area contributed by atoms with E-state index in [2.05, 4.69) is 36.4 Å². The van der Waals surface area contributed by atoms with Crippen molar-refractivity contribution >= 4 is 27.8 Å². The fourth-order valence-electron chi connectivity index (χ4n) is 8.87. The second-order valence-electron chi connectivity index (χ2n) is 14.6. The maximum absolute atomic E-state index is 9.97. The molecular weight excluding hydrogens is 723 g/mol. The molecule has 0 aromatic heterocycles. The Kier molecular flexibility index (Phi) is 5.86. The van der Waals surface area contributed by atoms with Crippen LogP contribution in [0.2, 0.25) is 0 Å². The van der Waals surface area contributed by atoms with Gasteiger partial charge < -0.3 is 4.90 Å². The highest BCUT2D eigenvalue weighted by molar-refractivity contribution is 6.04. The molecule has 0 bridgehead atoms. The van der Waals surface area contributed by atoms with E-state index in [0.717, 1.165) is 38.8 Å². The Bertz CT molecular complexity index is 3860. The van der Waals surface area contributed by atoms with Crippen LogP contribution >= 0.6 is 0 Å². The van der Waals surface area contributed by atoms with E-state index in [4.69, 9.17) is 15.1 Å². The molecule has 11 rings (SSSR count). The summed E-state index contributed by atoms with van der Waals surface area (Å²) in [7, 11) is 0. The summed E-state index contributed by atoms with van der Waals surface area (Å²) in [5, 5.41) is 1.44. The number of rotatable bonds is 8. The first kappa shape index (κ1) is 23.6. The molecule has 0 unspecified atom stereocenters. The fraction of sp³-hybridized carbons (Fsp3) is 0.0169. The summed E-state index contributed by atoms with van der Waals surface area (Å²) in [6.07, 6.45) is 0. The van der Waals surface area contributed by atoms with E-state index in [1.807, 2.05) is 103 Å². The first-order chi connectivity index (χ1) is 35.6. The Morgan fingerprint density at radius 3 is 1.68 bits per heavy atom. The normalized spacial score (nSPS) is 15.7. The Labute approximate surface area is 371 Å². The summed E-state index contributed by atoms with van der Waals surface area (Å²) in [5.41, 5.74) is 6.32. The summed E-state index contributed by atoms with van der Waals surface area (Å²) in [6, 6.07) is 44.7. The Balaban J connectivity index is 1.20. The lowest BCUT2D eigenvalue weighted by Gasteiger charge is -2.35. The Hall–Kier alpha value is -7.74. The van der Waals surface area contributed by atoms with Crippen molar-refractivity contribution in [3.05, 3.63) is 271 Å². The average Bonchev–Trinajstić information content (AvgIpc) is 3.73. The molecule has 0 fully saturated rings. The van der Waals surface area contributed by atoms with E-state index < -0.39 is 89.1 Å². The van der Waals surface area contributed by atoms with E-state index in [-0.39, 0.29) is 23.3 Å². The van der Waals surface area contributed by atoms with Gasteiger partial charge in [0.25, 0.3) is 0 Å². The average molecular weight is 778 g/mol. The zero-order chi connectivity index (χ0) is 52.1. The van der Waals surface area contributed by atoms with Crippen molar-refractivity contribution in [3.8, 4) is 44.5 Å². The van der Waals surface area contributed by atoms with Crippen molar-refractivity contribution in [3.63, 3.8) is 0 Å². The molecule has 60 heavy (non-hydrogen) atoms. The minimum atomic E-state index is -0.881.